The monoisotopic (exact) mass is 447 g/mol. The van der Waals surface area contributed by atoms with Gasteiger partial charge in [0.05, 0.1) is 19.3 Å². The van der Waals surface area contributed by atoms with Crippen molar-refractivity contribution in [2.75, 3.05) is 30.5 Å². The van der Waals surface area contributed by atoms with E-state index in [1.54, 1.807) is 54.8 Å². The number of esters is 1. The minimum Gasteiger partial charge on any atom is -0.497 e. The molecule has 33 heavy (non-hydrogen) atoms. The number of nitrogens with zero attached hydrogens (tertiary/aromatic N) is 4. The fourth-order valence-corrected chi connectivity index (χ4v) is 3.85. The molecule has 0 aliphatic carbocycles. The first kappa shape index (κ1) is 22.1. The first-order chi connectivity index (χ1) is 16.0. The van der Waals surface area contributed by atoms with E-state index < -0.39 is 12.0 Å². The Hall–Kier alpha value is -4.14. The smallest absolute Gasteiger partial charge is 0.338 e. The molecule has 1 aliphatic heterocycles. The predicted octanol–water partition coefficient (Wildman–Crippen LogP) is 3.17. The quantitative estimate of drug-likeness (QED) is 0.556. The predicted molar refractivity (Wildman–Crippen MR) is 123 cm³/mol. The van der Waals surface area contributed by atoms with Crippen LogP contribution in [0.5, 0.6) is 5.75 Å². The zero-order valence-corrected chi connectivity index (χ0v) is 18.7. The normalized spacial score (nSPS) is 15.1. The Bertz CT molecular complexity index is 1170. The number of anilines is 2. The summed E-state index contributed by atoms with van der Waals surface area (Å²) < 4.78 is 12.2. The number of hydrogen-bond acceptors (Lipinski definition) is 7. The summed E-state index contributed by atoms with van der Waals surface area (Å²) in [4.78, 5) is 32.0. The summed E-state index contributed by atoms with van der Waals surface area (Å²) in [6, 6.07) is 16.1. The lowest BCUT2D eigenvalue weighted by atomic mass is 9.95. The van der Waals surface area contributed by atoms with Crippen LogP contribution >= 0.6 is 0 Å². The van der Waals surface area contributed by atoms with Crippen LogP contribution in [0.1, 0.15) is 25.5 Å². The highest BCUT2D eigenvalue weighted by Crippen LogP contribution is 2.38. The molecule has 1 unspecified atom stereocenters. The van der Waals surface area contributed by atoms with Crippen LogP contribution < -0.4 is 15.0 Å². The molecule has 1 aromatic heterocycles. The van der Waals surface area contributed by atoms with Gasteiger partial charge in [0.2, 0.25) is 11.9 Å². The Kier molecular flexibility index (Phi) is 6.39. The Balaban J connectivity index is 1.68. The SMILES string of the molecule is CCOC(=O)C1=C(C)N(CC(=O)Nc2ccc(OC)cc2)c2ncnn2C1c1ccccc1. The lowest BCUT2D eigenvalue weighted by Gasteiger charge is -2.35. The van der Waals surface area contributed by atoms with Gasteiger partial charge in [0, 0.05) is 11.4 Å². The molecule has 0 radical (unpaired) electrons. The molecular weight excluding hydrogens is 422 g/mol. The van der Waals surface area contributed by atoms with Gasteiger partial charge in [-0.15, -0.1) is 0 Å². The van der Waals surface area contributed by atoms with Crippen molar-refractivity contribution >= 4 is 23.5 Å². The Labute approximate surface area is 191 Å². The molecule has 9 heteroatoms. The minimum absolute atomic E-state index is 0.0546. The number of rotatable bonds is 7. The van der Waals surface area contributed by atoms with E-state index >= 15 is 0 Å². The maximum atomic E-state index is 13.0. The second-order valence-electron chi connectivity index (χ2n) is 7.40. The number of carbonyl (C=O) groups excluding carboxylic acids is 2. The third-order valence-electron chi connectivity index (χ3n) is 5.39. The zero-order valence-electron chi connectivity index (χ0n) is 18.7. The second-order valence-corrected chi connectivity index (χ2v) is 7.40. The van der Waals surface area contributed by atoms with E-state index in [-0.39, 0.29) is 19.1 Å². The topological polar surface area (TPSA) is 98.6 Å². The molecule has 170 valence electrons. The van der Waals surface area contributed by atoms with Gasteiger partial charge in [-0.05, 0) is 43.7 Å². The van der Waals surface area contributed by atoms with E-state index in [1.165, 1.54) is 6.33 Å². The van der Waals surface area contributed by atoms with Crippen LogP contribution in [0.2, 0.25) is 0 Å². The van der Waals surface area contributed by atoms with Crippen molar-refractivity contribution in [2.24, 2.45) is 0 Å². The number of benzene rings is 2. The molecule has 0 bridgehead atoms. The van der Waals surface area contributed by atoms with Crippen LogP contribution in [0.3, 0.4) is 0 Å². The number of methoxy groups -OCH3 is 1. The van der Waals surface area contributed by atoms with Gasteiger partial charge in [0.15, 0.2) is 0 Å². The van der Waals surface area contributed by atoms with Crippen molar-refractivity contribution < 1.29 is 19.1 Å². The van der Waals surface area contributed by atoms with Gasteiger partial charge in [-0.25, -0.2) is 9.48 Å². The highest BCUT2D eigenvalue weighted by atomic mass is 16.5. The van der Waals surface area contributed by atoms with Crippen molar-refractivity contribution in [3.8, 4) is 5.75 Å². The number of allylic oxidation sites excluding steroid dienone is 1. The first-order valence-electron chi connectivity index (χ1n) is 10.6. The van der Waals surface area contributed by atoms with Crippen molar-refractivity contribution in [1.82, 2.24) is 14.8 Å². The fraction of sp³-hybridized carbons (Fsp3) is 0.250. The molecule has 2 heterocycles. The average Bonchev–Trinajstić information content (AvgIpc) is 3.31. The van der Waals surface area contributed by atoms with Crippen molar-refractivity contribution in [1.29, 1.82) is 0 Å². The summed E-state index contributed by atoms with van der Waals surface area (Å²) in [5.74, 6) is 0.447. The Morgan fingerprint density at radius 2 is 1.82 bits per heavy atom. The maximum Gasteiger partial charge on any atom is 0.338 e. The van der Waals surface area contributed by atoms with Crippen LogP contribution in [0.4, 0.5) is 11.6 Å². The highest BCUT2D eigenvalue weighted by Gasteiger charge is 2.38. The van der Waals surface area contributed by atoms with Crippen LogP contribution in [-0.4, -0.2) is 46.9 Å². The number of aromatic nitrogens is 3. The molecule has 1 atom stereocenters. The van der Waals surface area contributed by atoms with E-state index in [9.17, 15) is 9.59 Å². The summed E-state index contributed by atoms with van der Waals surface area (Å²) in [6.45, 7) is 3.73. The molecule has 2 aromatic carbocycles. The van der Waals surface area contributed by atoms with Crippen molar-refractivity contribution in [3.63, 3.8) is 0 Å². The molecule has 0 spiro atoms. The summed E-state index contributed by atoms with van der Waals surface area (Å²) in [5.41, 5.74) is 2.51. The fourth-order valence-electron chi connectivity index (χ4n) is 3.85. The van der Waals surface area contributed by atoms with Gasteiger partial charge in [-0.1, -0.05) is 30.3 Å². The third kappa shape index (κ3) is 4.43. The summed E-state index contributed by atoms with van der Waals surface area (Å²) >= 11 is 0. The number of hydrogen-bond donors (Lipinski definition) is 1. The maximum absolute atomic E-state index is 13.0. The summed E-state index contributed by atoms with van der Waals surface area (Å²) in [6.07, 6.45) is 1.42. The van der Waals surface area contributed by atoms with Gasteiger partial charge >= 0.3 is 5.97 Å². The van der Waals surface area contributed by atoms with E-state index in [0.29, 0.717) is 28.7 Å². The van der Waals surface area contributed by atoms with Crippen LogP contribution in [0.25, 0.3) is 0 Å². The first-order valence-corrected chi connectivity index (χ1v) is 10.6. The molecule has 1 aliphatic rings. The van der Waals surface area contributed by atoms with Crippen LogP contribution in [0, 0.1) is 0 Å². The number of carbonyl (C=O) groups is 2. The summed E-state index contributed by atoms with van der Waals surface area (Å²) in [5, 5.41) is 7.24. The molecule has 1 N–H and O–H groups in total. The minimum atomic E-state index is -0.511. The molecule has 0 saturated heterocycles. The lowest BCUT2D eigenvalue weighted by Crippen LogP contribution is -2.40. The number of ether oxygens (including phenoxy) is 2. The van der Waals surface area contributed by atoms with E-state index in [2.05, 4.69) is 15.4 Å². The van der Waals surface area contributed by atoms with Gasteiger partial charge < -0.3 is 19.7 Å². The summed E-state index contributed by atoms with van der Waals surface area (Å²) in [7, 11) is 1.58. The van der Waals surface area contributed by atoms with E-state index in [4.69, 9.17) is 9.47 Å². The third-order valence-corrected chi connectivity index (χ3v) is 5.39. The van der Waals surface area contributed by atoms with Gasteiger partial charge in [0.25, 0.3) is 0 Å². The molecule has 4 rings (SSSR count). The highest BCUT2D eigenvalue weighted by molar-refractivity contribution is 5.96. The molecule has 3 aromatic rings. The Morgan fingerprint density at radius 3 is 2.48 bits per heavy atom. The molecule has 0 fully saturated rings. The lowest BCUT2D eigenvalue weighted by molar-refractivity contribution is -0.139. The van der Waals surface area contributed by atoms with Crippen molar-refractivity contribution in [2.45, 2.75) is 19.9 Å². The standard InChI is InChI=1S/C24H25N5O4/c1-4-33-23(31)21-16(2)28(14-20(30)27-18-10-12-19(32-3)13-11-18)24-25-15-26-29(24)22(21)17-8-6-5-7-9-17/h5-13,15,22H,4,14H2,1-3H3,(H,27,30). The molecule has 9 nitrogen and oxygen atoms in total. The number of fused-ring (bicyclic) bond motifs is 1. The largest absolute Gasteiger partial charge is 0.497 e. The zero-order chi connectivity index (χ0) is 23.4. The number of amides is 1. The van der Waals surface area contributed by atoms with Crippen LogP contribution in [0.15, 0.2) is 72.2 Å². The Morgan fingerprint density at radius 1 is 1.09 bits per heavy atom. The number of nitrogens with one attached hydrogen (secondary N) is 1. The van der Waals surface area contributed by atoms with E-state index in [1.807, 2.05) is 30.3 Å². The van der Waals surface area contributed by atoms with Crippen molar-refractivity contribution in [3.05, 3.63) is 77.8 Å². The van der Waals surface area contributed by atoms with Gasteiger partial charge in [-0.3, -0.25) is 4.79 Å². The molecule has 0 saturated carbocycles. The second kappa shape index (κ2) is 9.56. The van der Waals surface area contributed by atoms with E-state index in [0.717, 1.165) is 5.56 Å². The molecular formula is C24H25N5O4. The van der Waals surface area contributed by atoms with Gasteiger partial charge in [-0.2, -0.15) is 10.1 Å². The van der Waals surface area contributed by atoms with Crippen LogP contribution in [-0.2, 0) is 14.3 Å². The average molecular weight is 447 g/mol. The molecule has 1 amide bonds. The van der Waals surface area contributed by atoms with Gasteiger partial charge in [0.1, 0.15) is 24.7 Å².